The van der Waals surface area contributed by atoms with Crippen LogP contribution in [0.4, 0.5) is 0 Å². The standard InChI is InChI=1S/C21H30O2.C20H28O3S.C20H30O3S.3C10H14O/c1-3-15(2)16-11-13-18(14-12-16)23-21(22)20-10-6-8-17-7-4-5-9-19(17)20;1-3-14(2)18-4-6-19(7-5-18)23-24(21,22)20-11-15-8-16(12-20)10-17(9-15)13-20;1-3-15(2)16-8-11-19(12-9-16)23-24(21,22)20-13-10-17-6-4-5-7-18(17)14-20;3*1-3-8(2)9-4-6-10(11)7-5-9/h11-15,17,19-20H,3-10H2,1-2H3;4-7,14-17H,3,8-13H2,1-2H3;8-9,11-12,15,17-18,20H,3-7,10,13-14H2,1-2H3;3*4-8,11H,3H2,1-2H3. The Morgan fingerprint density at radius 1 is 0.375 bits per heavy atom. The van der Waals surface area contributed by atoms with Crippen LogP contribution >= 0.6 is 0 Å². The molecular formula is C91H130O11S2. The summed E-state index contributed by atoms with van der Waals surface area (Å²) in [5, 5.41) is 26.7. The lowest BCUT2D eigenvalue weighted by Crippen LogP contribution is -2.55. The molecule has 12 atom stereocenters. The number of phenolic OH excluding ortho intramolecular Hbond substituents is 3. The van der Waals surface area contributed by atoms with Crippen LogP contribution in [0.15, 0.2) is 146 Å². The van der Waals surface area contributed by atoms with Gasteiger partial charge >= 0.3 is 26.2 Å². The Morgan fingerprint density at radius 2 is 0.692 bits per heavy atom. The van der Waals surface area contributed by atoms with E-state index in [2.05, 4.69) is 95.2 Å². The smallest absolute Gasteiger partial charge is 0.315 e. The number of carbonyl (C=O) groups excluding carboxylic acids is 1. The van der Waals surface area contributed by atoms with E-state index >= 15 is 0 Å². The molecule has 0 saturated heterocycles. The van der Waals surface area contributed by atoms with Crippen LogP contribution in [-0.2, 0) is 25.0 Å². The van der Waals surface area contributed by atoms with Gasteiger partial charge in [0.15, 0.2) is 0 Å². The Morgan fingerprint density at radius 3 is 1.07 bits per heavy atom. The molecule has 0 aromatic heterocycles. The first-order chi connectivity index (χ1) is 49.8. The third-order valence-electron chi connectivity index (χ3n) is 25.3. The Bertz CT molecular complexity index is 3560. The molecule has 13 heteroatoms. The molecular weight excluding hydrogens is 1330 g/mol. The zero-order valence-electron chi connectivity index (χ0n) is 65.3. The van der Waals surface area contributed by atoms with E-state index in [0.29, 0.717) is 99.6 Å². The number of fused-ring (bicyclic) bond motifs is 2. The number of phenols is 3. The molecule has 8 aliphatic rings. The summed E-state index contributed by atoms with van der Waals surface area (Å²) in [4.78, 5) is 12.7. The number of hydrogen-bond donors (Lipinski definition) is 3. The van der Waals surface area contributed by atoms with E-state index in [4.69, 9.17) is 28.4 Å². The second-order valence-electron chi connectivity index (χ2n) is 32.5. The summed E-state index contributed by atoms with van der Waals surface area (Å²) in [5.41, 5.74) is 7.67. The minimum absolute atomic E-state index is 0.0119. The van der Waals surface area contributed by atoms with Gasteiger partial charge < -0.3 is 28.4 Å². The van der Waals surface area contributed by atoms with Crippen LogP contribution in [0.5, 0.6) is 34.5 Å². The van der Waals surface area contributed by atoms with Crippen molar-refractivity contribution in [1.82, 2.24) is 0 Å². The number of carbonyl (C=O) groups is 1. The van der Waals surface area contributed by atoms with Gasteiger partial charge in [-0.15, -0.1) is 0 Å². The number of esters is 1. The zero-order chi connectivity index (χ0) is 75.1. The fourth-order valence-electron chi connectivity index (χ4n) is 17.7. The third kappa shape index (κ3) is 23.6. The van der Waals surface area contributed by atoms with Crippen LogP contribution in [0, 0.1) is 47.3 Å². The highest BCUT2D eigenvalue weighted by molar-refractivity contribution is 7.88. The van der Waals surface area contributed by atoms with E-state index in [1.807, 2.05) is 84.9 Å². The number of hydrogen-bond acceptors (Lipinski definition) is 11. The molecule has 8 saturated carbocycles. The molecule has 572 valence electrons. The monoisotopic (exact) mass is 1460 g/mol. The highest BCUT2D eigenvalue weighted by Gasteiger charge is 2.59. The predicted molar refractivity (Wildman–Crippen MR) is 427 cm³/mol. The summed E-state index contributed by atoms with van der Waals surface area (Å²) >= 11 is 0. The van der Waals surface area contributed by atoms with E-state index in [1.165, 1.54) is 117 Å². The van der Waals surface area contributed by atoms with Crippen molar-refractivity contribution in [2.45, 2.75) is 296 Å². The van der Waals surface area contributed by atoms with Gasteiger partial charge in [-0.05, 0) is 292 Å². The van der Waals surface area contributed by atoms with Gasteiger partial charge in [-0.3, -0.25) is 4.79 Å². The Balaban J connectivity index is 0.000000164. The maximum Gasteiger partial charge on any atom is 0.315 e. The highest BCUT2D eigenvalue weighted by Crippen LogP contribution is 2.59. The van der Waals surface area contributed by atoms with Crippen molar-refractivity contribution in [3.8, 4) is 34.5 Å². The van der Waals surface area contributed by atoms with E-state index in [9.17, 15) is 21.6 Å². The van der Waals surface area contributed by atoms with Gasteiger partial charge in [-0.2, -0.15) is 16.8 Å². The molecule has 12 unspecified atom stereocenters. The summed E-state index contributed by atoms with van der Waals surface area (Å²) in [5.74, 6) is 10.6. The Kier molecular flexibility index (Phi) is 32.1. The molecule has 104 heavy (non-hydrogen) atoms. The van der Waals surface area contributed by atoms with Crippen molar-refractivity contribution >= 4 is 26.2 Å². The highest BCUT2D eigenvalue weighted by atomic mass is 32.2. The average molecular weight is 1460 g/mol. The third-order valence-corrected chi connectivity index (χ3v) is 29.0. The van der Waals surface area contributed by atoms with Crippen LogP contribution in [0.3, 0.4) is 0 Å². The molecule has 6 aromatic rings. The van der Waals surface area contributed by atoms with Gasteiger partial charge in [0.1, 0.15) is 39.2 Å². The van der Waals surface area contributed by atoms with E-state index in [1.54, 1.807) is 48.5 Å². The average Bonchev–Trinajstić information content (AvgIpc) is 0.724. The van der Waals surface area contributed by atoms with Crippen LogP contribution in [0.25, 0.3) is 0 Å². The van der Waals surface area contributed by atoms with Gasteiger partial charge in [0.2, 0.25) is 0 Å². The quantitative estimate of drug-likeness (QED) is 0.0377. The molecule has 0 radical (unpaired) electrons. The van der Waals surface area contributed by atoms with Gasteiger partial charge in [0.05, 0.1) is 11.2 Å². The first kappa shape index (κ1) is 83.3. The first-order valence-corrected chi connectivity index (χ1v) is 43.4. The number of rotatable bonds is 20. The minimum atomic E-state index is -3.57. The van der Waals surface area contributed by atoms with Crippen LogP contribution in [-0.4, -0.2) is 48.1 Å². The number of ether oxygens (including phenoxy) is 1. The summed E-state index contributed by atoms with van der Waals surface area (Å²) in [6, 6.07) is 45.6. The summed E-state index contributed by atoms with van der Waals surface area (Å²) in [6.45, 7) is 26.2. The van der Waals surface area contributed by atoms with Crippen LogP contribution < -0.4 is 13.1 Å². The first-order valence-electron chi connectivity index (χ1n) is 40.6. The molecule has 14 rings (SSSR count). The molecule has 8 fully saturated rings. The second-order valence-corrected chi connectivity index (χ2v) is 36.2. The molecule has 0 aliphatic heterocycles. The van der Waals surface area contributed by atoms with Crippen molar-refractivity contribution in [3.63, 3.8) is 0 Å². The molecule has 0 spiro atoms. The van der Waals surface area contributed by atoms with Crippen molar-refractivity contribution in [1.29, 1.82) is 0 Å². The molecule has 4 bridgehead atoms. The molecule has 11 nitrogen and oxygen atoms in total. The van der Waals surface area contributed by atoms with Crippen molar-refractivity contribution in [2.75, 3.05) is 0 Å². The van der Waals surface area contributed by atoms with Crippen LogP contribution in [0.2, 0.25) is 0 Å². The lowest BCUT2D eigenvalue weighted by atomic mass is 9.56. The minimum Gasteiger partial charge on any atom is -0.508 e. The van der Waals surface area contributed by atoms with Gasteiger partial charge in [0.25, 0.3) is 0 Å². The maximum absolute atomic E-state index is 13.1. The van der Waals surface area contributed by atoms with Gasteiger partial charge in [-0.1, -0.05) is 214 Å². The summed E-state index contributed by atoms with van der Waals surface area (Å²) in [7, 11) is -7.10. The van der Waals surface area contributed by atoms with Crippen molar-refractivity contribution in [3.05, 3.63) is 179 Å². The van der Waals surface area contributed by atoms with Crippen molar-refractivity contribution in [2.24, 2.45) is 47.3 Å². The SMILES string of the molecule is CCC(C)c1ccc(O)cc1.CCC(C)c1ccc(O)cc1.CCC(C)c1ccc(O)cc1.CCC(C)c1ccc(OC(=O)C2CCCC3CCCCC32)cc1.CCC(C)c1ccc(OS(=O)(=O)C23CC4CC(CC(C4)C2)C3)cc1.CCC(C)c1ccc(OS(=O)(=O)C2CCC3CCCCC3C2)cc1. The largest absolute Gasteiger partial charge is 0.508 e. The van der Waals surface area contributed by atoms with E-state index in [0.717, 1.165) is 95.3 Å². The summed E-state index contributed by atoms with van der Waals surface area (Å²) in [6.07, 6.45) is 29.2. The molecule has 6 aromatic carbocycles. The van der Waals surface area contributed by atoms with Gasteiger partial charge in [-0.25, -0.2) is 0 Å². The second kappa shape index (κ2) is 40.0. The molecule has 0 heterocycles. The van der Waals surface area contributed by atoms with Gasteiger partial charge in [0, 0.05) is 0 Å². The molecule has 3 N–H and O–H groups in total. The predicted octanol–water partition coefficient (Wildman–Crippen LogP) is 24.6. The fraction of sp³-hybridized carbons (Fsp3) is 0.593. The Labute approximate surface area is 628 Å². The zero-order valence-corrected chi connectivity index (χ0v) is 67.0. The normalized spacial score (nSPS) is 25.4. The fourth-order valence-corrected chi connectivity index (χ4v) is 20.9. The number of benzene rings is 6. The summed E-state index contributed by atoms with van der Waals surface area (Å²) < 4.78 is 67.8. The van der Waals surface area contributed by atoms with E-state index < -0.39 is 25.0 Å². The molecule has 8 aliphatic carbocycles. The lowest BCUT2D eigenvalue weighted by molar-refractivity contribution is -0.144. The Hall–Kier alpha value is -6.31. The molecule has 0 amide bonds. The lowest BCUT2D eigenvalue weighted by Gasteiger charge is -2.55. The van der Waals surface area contributed by atoms with Crippen molar-refractivity contribution < 1.29 is 50.1 Å². The maximum atomic E-state index is 13.1. The van der Waals surface area contributed by atoms with E-state index in [-0.39, 0.29) is 17.1 Å². The topological polar surface area (TPSA) is 174 Å². The van der Waals surface area contributed by atoms with Crippen LogP contribution in [0.1, 0.15) is 319 Å². The number of aromatic hydroxyl groups is 3.